The van der Waals surface area contributed by atoms with E-state index in [1.807, 2.05) is 0 Å². The van der Waals surface area contributed by atoms with Gasteiger partial charge in [0.2, 0.25) is 0 Å². The average Bonchev–Trinajstić information content (AvgIpc) is 2.16. The van der Waals surface area contributed by atoms with E-state index in [1.54, 1.807) is 0 Å². The van der Waals surface area contributed by atoms with Gasteiger partial charge in [0.1, 0.15) is 0 Å². The number of ether oxygens (including phenoxy) is 1. The highest BCUT2D eigenvalue weighted by molar-refractivity contribution is 5.89. The van der Waals surface area contributed by atoms with Crippen molar-refractivity contribution < 1.29 is 9.53 Å². The normalized spacial score (nSPS) is 34.5. The van der Waals surface area contributed by atoms with E-state index in [1.165, 1.54) is 13.5 Å². The van der Waals surface area contributed by atoms with Crippen molar-refractivity contribution in [3.8, 4) is 0 Å². The summed E-state index contributed by atoms with van der Waals surface area (Å²) in [6.07, 6.45) is 4.29. The minimum Gasteiger partial charge on any atom is -0.466 e. The maximum Gasteiger partial charge on any atom is 0.333 e. The smallest absolute Gasteiger partial charge is 0.333 e. The Morgan fingerprint density at radius 1 is 1.62 bits per heavy atom. The van der Waals surface area contributed by atoms with Crippen molar-refractivity contribution in [2.45, 2.75) is 26.7 Å². The number of rotatable bonds is 1. The molecular weight excluding hydrogens is 164 g/mol. The largest absolute Gasteiger partial charge is 0.466 e. The first-order chi connectivity index (χ1) is 6.07. The molecule has 72 valence electrons. The molecule has 2 unspecified atom stereocenters. The van der Waals surface area contributed by atoms with E-state index in [2.05, 4.69) is 19.9 Å². The molecule has 2 bridgehead atoms. The van der Waals surface area contributed by atoms with E-state index in [0.717, 1.165) is 17.9 Å². The lowest BCUT2D eigenvalue weighted by Gasteiger charge is -2.55. The van der Waals surface area contributed by atoms with Crippen molar-refractivity contribution in [3.05, 3.63) is 11.6 Å². The molecular formula is C11H16O2. The van der Waals surface area contributed by atoms with Crippen molar-refractivity contribution >= 4 is 5.97 Å². The molecule has 2 heteroatoms. The molecule has 0 N–H and O–H groups in total. The number of hydrogen-bond acceptors (Lipinski definition) is 2. The highest BCUT2D eigenvalue weighted by Gasteiger charge is 2.52. The highest BCUT2D eigenvalue weighted by Crippen LogP contribution is 2.59. The lowest BCUT2D eigenvalue weighted by Crippen LogP contribution is -2.49. The Hall–Kier alpha value is -0.790. The van der Waals surface area contributed by atoms with Gasteiger partial charge in [-0.25, -0.2) is 4.79 Å². The van der Waals surface area contributed by atoms with E-state index < -0.39 is 0 Å². The lowest BCUT2D eigenvalue weighted by atomic mass is 9.49. The number of allylic oxidation sites excluding steroid dienone is 1. The van der Waals surface area contributed by atoms with Gasteiger partial charge in [-0.1, -0.05) is 19.9 Å². The molecule has 0 amide bonds. The molecule has 3 aliphatic carbocycles. The molecule has 0 heterocycles. The second kappa shape index (κ2) is 2.60. The number of fused-ring (bicyclic) bond motifs is 1. The number of methoxy groups -OCH3 is 1. The van der Waals surface area contributed by atoms with E-state index in [-0.39, 0.29) is 5.97 Å². The Balaban J connectivity index is 2.23. The predicted octanol–water partition coefficient (Wildman–Crippen LogP) is 2.15. The summed E-state index contributed by atoms with van der Waals surface area (Å²) in [7, 11) is 1.46. The Kier molecular flexibility index (Phi) is 1.76. The Morgan fingerprint density at radius 3 is 2.77 bits per heavy atom. The molecule has 13 heavy (non-hydrogen) atoms. The van der Waals surface area contributed by atoms with Crippen molar-refractivity contribution in [2.75, 3.05) is 7.11 Å². The first kappa shape index (κ1) is 8.79. The fraction of sp³-hybridized carbons (Fsp3) is 0.727. The van der Waals surface area contributed by atoms with Crippen LogP contribution in [0, 0.1) is 17.3 Å². The summed E-state index contributed by atoms with van der Waals surface area (Å²) in [5, 5.41) is 0. The Morgan fingerprint density at radius 2 is 2.31 bits per heavy atom. The molecule has 0 radical (unpaired) electrons. The van der Waals surface area contributed by atoms with E-state index in [0.29, 0.717) is 11.3 Å². The second-order valence-electron chi connectivity index (χ2n) is 4.69. The molecule has 2 nitrogen and oxygen atoms in total. The summed E-state index contributed by atoms with van der Waals surface area (Å²) in [4.78, 5) is 11.4. The molecule has 1 fully saturated rings. The maximum absolute atomic E-state index is 11.4. The third kappa shape index (κ3) is 1.04. The molecule has 0 aliphatic heterocycles. The van der Waals surface area contributed by atoms with Crippen LogP contribution in [-0.4, -0.2) is 13.1 Å². The molecule has 3 rings (SSSR count). The van der Waals surface area contributed by atoms with Crippen LogP contribution in [0.15, 0.2) is 11.6 Å². The van der Waals surface area contributed by atoms with Gasteiger partial charge < -0.3 is 4.74 Å². The Labute approximate surface area is 79.0 Å². The fourth-order valence-corrected chi connectivity index (χ4v) is 2.70. The van der Waals surface area contributed by atoms with Gasteiger partial charge in [-0.2, -0.15) is 0 Å². The molecule has 0 aromatic rings. The Bertz CT molecular complexity index is 276. The minimum absolute atomic E-state index is 0.128. The zero-order chi connectivity index (χ0) is 9.64. The quantitative estimate of drug-likeness (QED) is 0.578. The first-order valence-corrected chi connectivity index (χ1v) is 4.85. The summed E-state index contributed by atoms with van der Waals surface area (Å²) in [5.74, 6) is 1.10. The lowest BCUT2D eigenvalue weighted by molar-refractivity contribution is -0.140. The summed E-state index contributed by atoms with van der Waals surface area (Å²) in [6.45, 7) is 4.50. The van der Waals surface area contributed by atoms with Gasteiger partial charge in [-0.05, 0) is 30.1 Å². The van der Waals surface area contributed by atoms with Crippen molar-refractivity contribution in [3.63, 3.8) is 0 Å². The minimum atomic E-state index is -0.128. The fourth-order valence-electron chi connectivity index (χ4n) is 2.70. The van der Waals surface area contributed by atoms with Gasteiger partial charge in [-0.3, -0.25) is 0 Å². The van der Waals surface area contributed by atoms with E-state index in [9.17, 15) is 4.79 Å². The predicted molar refractivity (Wildman–Crippen MR) is 50.1 cm³/mol. The summed E-state index contributed by atoms with van der Waals surface area (Å²) in [5.41, 5.74) is 1.23. The molecule has 0 spiro atoms. The molecule has 2 atom stereocenters. The molecule has 0 aromatic heterocycles. The number of carbonyl (C=O) groups is 1. The topological polar surface area (TPSA) is 26.3 Å². The van der Waals surface area contributed by atoms with Gasteiger partial charge >= 0.3 is 5.97 Å². The van der Waals surface area contributed by atoms with Crippen molar-refractivity contribution in [1.29, 1.82) is 0 Å². The third-order valence-corrected chi connectivity index (χ3v) is 3.89. The second-order valence-corrected chi connectivity index (χ2v) is 4.69. The number of carbonyl (C=O) groups excluding carboxylic acids is 1. The first-order valence-electron chi connectivity index (χ1n) is 4.85. The highest BCUT2D eigenvalue weighted by atomic mass is 16.5. The van der Waals surface area contributed by atoms with Crippen LogP contribution in [0.3, 0.4) is 0 Å². The van der Waals surface area contributed by atoms with Crippen LogP contribution in [-0.2, 0) is 9.53 Å². The zero-order valence-corrected chi connectivity index (χ0v) is 8.46. The standard InChI is InChI=1S/C11H16O2/c1-11(2)7-4-5-8(9(11)6-7)10(12)13-3/h5,7,9H,4,6H2,1-3H3. The maximum atomic E-state index is 11.4. The SMILES string of the molecule is COC(=O)C1=CCC2CC1C2(C)C. The average molecular weight is 180 g/mol. The van der Waals surface area contributed by atoms with Gasteiger partial charge in [-0.15, -0.1) is 0 Å². The summed E-state index contributed by atoms with van der Waals surface area (Å²) in [6, 6.07) is 0. The van der Waals surface area contributed by atoms with Crippen LogP contribution < -0.4 is 0 Å². The molecule has 0 saturated heterocycles. The van der Waals surface area contributed by atoms with Crippen molar-refractivity contribution in [1.82, 2.24) is 0 Å². The van der Waals surface area contributed by atoms with Crippen LogP contribution in [0.4, 0.5) is 0 Å². The van der Waals surface area contributed by atoms with Crippen LogP contribution in [0.2, 0.25) is 0 Å². The zero-order valence-electron chi connectivity index (χ0n) is 8.46. The number of esters is 1. The van der Waals surface area contributed by atoms with Crippen LogP contribution in [0.25, 0.3) is 0 Å². The van der Waals surface area contributed by atoms with Crippen molar-refractivity contribution in [2.24, 2.45) is 17.3 Å². The van der Waals surface area contributed by atoms with E-state index >= 15 is 0 Å². The third-order valence-electron chi connectivity index (χ3n) is 3.89. The molecule has 1 saturated carbocycles. The monoisotopic (exact) mass is 180 g/mol. The van der Waals surface area contributed by atoms with Crippen LogP contribution in [0.1, 0.15) is 26.7 Å². The summed E-state index contributed by atoms with van der Waals surface area (Å²) >= 11 is 0. The van der Waals surface area contributed by atoms with Gasteiger partial charge in [0.05, 0.1) is 7.11 Å². The van der Waals surface area contributed by atoms with Gasteiger partial charge in [0, 0.05) is 5.57 Å². The van der Waals surface area contributed by atoms with E-state index in [4.69, 9.17) is 4.74 Å². The molecule has 0 aromatic carbocycles. The summed E-state index contributed by atoms with van der Waals surface area (Å²) < 4.78 is 4.77. The van der Waals surface area contributed by atoms with Gasteiger partial charge in [0.25, 0.3) is 0 Å². The molecule has 3 aliphatic rings. The number of hydrogen-bond donors (Lipinski definition) is 0. The van der Waals surface area contributed by atoms with Crippen LogP contribution >= 0.6 is 0 Å². The van der Waals surface area contributed by atoms with Crippen LogP contribution in [0.5, 0.6) is 0 Å². The van der Waals surface area contributed by atoms with Gasteiger partial charge in [0.15, 0.2) is 0 Å².